The predicted molar refractivity (Wildman–Crippen MR) is 87.5 cm³/mol. The fraction of sp³-hybridized carbons (Fsp3) is 0.429. The van der Waals surface area contributed by atoms with Crippen molar-refractivity contribution in [1.82, 2.24) is 14.8 Å². The second kappa shape index (κ2) is 5.60. The Morgan fingerprint density at radius 3 is 2.62 bits per heavy atom. The number of fused-ring (bicyclic) bond motifs is 2. The van der Waals surface area contributed by atoms with Crippen molar-refractivity contribution in [2.75, 3.05) is 23.7 Å². The fourth-order valence-electron chi connectivity index (χ4n) is 3.24. The topological polar surface area (TPSA) is 112 Å². The molecule has 126 valence electrons. The molecule has 24 heavy (non-hydrogen) atoms. The number of halogens is 1. The summed E-state index contributed by atoms with van der Waals surface area (Å²) in [5, 5.41) is 15.6. The first-order chi connectivity index (χ1) is 11.5. The summed E-state index contributed by atoms with van der Waals surface area (Å²) in [6.45, 7) is 1.44. The van der Waals surface area contributed by atoms with E-state index in [0.717, 1.165) is 25.9 Å². The highest BCUT2D eigenvalue weighted by Crippen LogP contribution is 2.33. The first kappa shape index (κ1) is 15.2. The second-order valence-corrected chi connectivity index (χ2v) is 6.35. The maximum Gasteiger partial charge on any atom is 0.313 e. The Hall–Kier alpha value is -2.39. The number of hydrogen-bond donors (Lipinski definition) is 1. The molecule has 0 aromatic carbocycles. The fourth-order valence-corrected chi connectivity index (χ4v) is 3.37. The van der Waals surface area contributed by atoms with Gasteiger partial charge in [0.05, 0.1) is 23.3 Å². The van der Waals surface area contributed by atoms with Crippen LogP contribution >= 0.6 is 11.6 Å². The van der Waals surface area contributed by atoms with E-state index in [1.807, 2.05) is 0 Å². The summed E-state index contributed by atoms with van der Waals surface area (Å²) in [6.07, 6.45) is 5.03. The molecule has 2 N–H and O–H groups in total. The zero-order valence-corrected chi connectivity index (χ0v) is 13.4. The third-order valence-electron chi connectivity index (χ3n) is 4.40. The van der Waals surface area contributed by atoms with Crippen LogP contribution in [0.25, 0.3) is 5.69 Å². The van der Waals surface area contributed by atoms with Crippen LogP contribution in [0.5, 0.6) is 0 Å². The molecule has 2 atom stereocenters. The van der Waals surface area contributed by atoms with E-state index >= 15 is 0 Å². The Labute approximate surface area is 142 Å². The van der Waals surface area contributed by atoms with Gasteiger partial charge in [-0.2, -0.15) is 5.10 Å². The zero-order chi connectivity index (χ0) is 16.8. The molecule has 2 saturated heterocycles. The molecule has 10 heteroatoms. The van der Waals surface area contributed by atoms with Gasteiger partial charge in [0, 0.05) is 19.2 Å². The van der Waals surface area contributed by atoms with Crippen molar-refractivity contribution in [1.29, 1.82) is 0 Å². The summed E-state index contributed by atoms with van der Waals surface area (Å²) in [6, 6.07) is 1.63. The zero-order valence-electron chi connectivity index (χ0n) is 12.6. The lowest BCUT2D eigenvalue weighted by atomic mass is 10.2. The Morgan fingerprint density at radius 1 is 1.33 bits per heavy atom. The van der Waals surface area contributed by atoms with Crippen LogP contribution in [0.15, 0.2) is 18.5 Å². The smallest absolute Gasteiger partial charge is 0.313 e. The number of hydrogen-bond acceptors (Lipinski definition) is 7. The third kappa shape index (κ3) is 2.45. The minimum atomic E-state index is -0.510. The molecule has 2 aromatic heterocycles. The Kier molecular flexibility index (Phi) is 3.54. The predicted octanol–water partition coefficient (Wildman–Crippen LogP) is 1.78. The van der Waals surface area contributed by atoms with Crippen LogP contribution in [0.2, 0.25) is 5.02 Å². The number of pyridine rings is 1. The van der Waals surface area contributed by atoms with E-state index < -0.39 is 4.92 Å². The van der Waals surface area contributed by atoms with Gasteiger partial charge in [-0.3, -0.25) is 10.1 Å². The van der Waals surface area contributed by atoms with E-state index in [0.29, 0.717) is 5.82 Å². The first-order valence-electron chi connectivity index (χ1n) is 7.57. The second-order valence-electron chi connectivity index (χ2n) is 5.94. The maximum absolute atomic E-state index is 11.3. The average molecular weight is 351 g/mol. The Bertz CT molecular complexity index is 798. The van der Waals surface area contributed by atoms with Crippen LogP contribution < -0.4 is 10.6 Å². The summed E-state index contributed by atoms with van der Waals surface area (Å²) in [7, 11) is 0. The number of anilines is 2. The van der Waals surface area contributed by atoms with Crippen LogP contribution in [-0.2, 0) is 4.74 Å². The van der Waals surface area contributed by atoms with E-state index in [9.17, 15) is 10.1 Å². The Balaban J connectivity index is 1.76. The van der Waals surface area contributed by atoms with Crippen LogP contribution in [0.3, 0.4) is 0 Å². The van der Waals surface area contributed by atoms with E-state index in [2.05, 4.69) is 15.0 Å². The molecule has 4 rings (SSSR count). The summed E-state index contributed by atoms with van der Waals surface area (Å²) < 4.78 is 7.08. The van der Waals surface area contributed by atoms with Crippen molar-refractivity contribution in [3.05, 3.63) is 33.6 Å². The molecule has 0 spiro atoms. The highest BCUT2D eigenvalue weighted by molar-refractivity contribution is 6.32. The van der Waals surface area contributed by atoms with Gasteiger partial charge >= 0.3 is 5.69 Å². The van der Waals surface area contributed by atoms with Crippen molar-refractivity contribution in [2.24, 2.45) is 0 Å². The molecule has 0 saturated carbocycles. The lowest BCUT2D eigenvalue weighted by molar-refractivity contribution is -0.384. The molecule has 9 nitrogen and oxygen atoms in total. The van der Waals surface area contributed by atoms with Crippen LogP contribution in [-0.4, -0.2) is 45.0 Å². The van der Waals surface area contributed by atoms with Crippen molar-refractivity contribution in [3.8, 4) is 5.69 Å². The highest BCUT2D eigenvalue weighted by Gasteiger charge is 2.35. The normalized spacial score (nSPS) is 22.8. The van der Waals surface area contributed by atoms with Gasteiger partial charge < -0.3 is 15.4 Å². The number of nitrogens with two attached hydrogens (primary N) is 1. The van der Waals surface area contributed by atoms with E-state index in [1.54, 1.807) is 6.07 Å². The summed E-state index contributed by atoms with van der Waals surface area (Å²) in [5.74, 6) is 0.792. The van der Waals surface area contributed by atoms with Crippen LogP contribution in [0, 0.1) is 10.1 Å². The van der Waals surface area contributed by atoms with Gasteiger partial charge in [-0.15, -0.1) is 0 Å². The van der Waals surface area contributed by atoms with E-state index in [4.69, 9.17) is 22.1 Å². The maximum atomic E-state index is 11.3. The number of morpholine rings is 1. The Morgan fingerprint density at radius 2 is 2.04 bits per heavy atom. The SMILES string of the molecule is Nc1c(Cl)cnn1-c1cc(N2CC3CCC(C2)O3)ncc1[N+](=O)[O-]. The minimum absolute atomic E-state index is 0.152. The van der Waals surface area contributed by atoms with Gasteiger partial charge in [-0.05, 0) is 12.8 Å². The molecule has 0 aliphatic carbocycles. The number of nitro groups is 1. The lowest BCUT2D eigenvalue weighted by Gasteiger charge is -2.33. The van der Waals surface area contributed by atoms with Gasteiger partial charge in [0.2, 0.25) is 0 Å². The van der Waals surface area contributed by atoms with Crippen molar-refractivity contribution < 1.29 is 9.66 Å². The molecule has 2 fully saturated rings. The average Bonchev–Trinajstić information content (AvgIpc) is 3.08. The molecule has 2 bridgehead atoms. The first-order valence-corrected chi connectivity index (χ1v) is 7.95. The minimum Gasteiger partial charge on any atom is -0.382 e. The summed E-state index contributed by atoms with van der Waals surface area (Å²) in [5.41, 5.74) is 5.94. The summed E-state index contributed by atoms with van der Waals surface area (Å²) in [4.78, 5) is 17.2. The monoisotopic (exact) mass is 350 g/mol. The number of nitrogens with zero attached hydrogens (tertiary/aromatic N) is 5. The van der Waals surface area contributed by atoms with Crippen LogP contribution in [0.4, 0.5) is 17.3 Å². The van der Waals surface area contributed by atoms with Gasteiger partial charge in [0.25, 0.3) is 0 Å². The molecule has 0 amide bonds. The molecule has 2 aromatic rings. The number of nitrogen functional groups attached to an aromatic ring is 1. The van der Waals surface area contributed by atoms with Crippen molar-refractivity contribution >= 4 is 28.9 Å². The third-order valence-corrected chi connectivity index (χ3v) is 4.69. The highest BCUT2D eigenvalue weighted by atomic mass is 35.5. The molecular formula is C14H15ClN6O3. The molecule has 4 heterocycles. The molecule has 0 radical (unpaired) electrons. The van der Waals surface area contributed by atoms with Crippen molar-refractivity contribution in [3.63, 3.8) is 0 Å². The van der Waals surface area contributed by atoms with Gasteiger partial charge in [-0.25, -0.2) is 9.67 Å². The largest absolute Gasteiger partial charge is 0.382 e. The molecule has 2 aliphatic rings. The van der Waals surface area contributed by atoms with E-state index in [1.165, 1.54) is 17.1 Å². The quantitative estimate of drug-likeness (QED) is 0.663. The van der Waals surface area contributed by atoms with Gasteiger partial charge in [-0.1, -0.05) is 11.6 Å². The molecule has 2 unspecified atom stereocenters. The number of rotatable bonds is 3. The standard InChI is InChI=1S/C14H15ClN6O3/c15-10-4-18-20(14(10)16)11-3-13(17-5-12(11)21(22)23)19-6-8-1-2-9(7-19)24-8/h3-5,8-9H,1-2,6-7,16H2. The van der Waals surface area contributed by atoms with Crippen LogP contribution in [0.1, 0.15) is 12.8 Å². The summed E-state index contributed by atoms with van der Waals surface area (Å²) >= 11 is 5.93. The molecular weight excluding hydrogens is 336 g/mol. The van der Waals surface area contributed by atoms with Gasteiger partial charge in [0.15, 0.2) is 0 Å². The number of aromatic nitrogens is 3. The number of ether oxygens (including phenoxy) is 1. The van der Waals surface area contributed by atoms with Crippen molar-refractivity contribution in [2.45, 2.75) is 25.0 Å². The lowest BCUT2D eigenvalue weighted by Crippen LogP contribution is -2.43. The van der Waals surface area contributed by atoms with E-state index in [-0.39, 0.29) is 34.4 Å². The molecule has 2 aliphatic heterocycles. The van der Waals surface area contributed by atoms with Gasteiger partial charge in [0.1, 0.15) is 28.5 Å².